The summed E-state index contributed by atoms with van der Waals surface area (Å²) in [5, 5.41) is 20.4. The molecule has 124 valence electrons. The van der Waals surface area contributed by atoms with Gasteiger partial charge in [0.2, 0.25) is 0 Å². The van der Waals surface area contributed by atoms with Crippen LogP contribution in [0.5, 0.6) is 5.75 Å². The van der Waals surface area contributed by atoms with Gasteiger partial charge in [0.15, 0.2) is 12.3 Å². The smallest absolute Gasteiger partial charge is 0.303 e. The van der Waals surface area contributed by atoms with E-state index in [1.165, 1.54) is 6.92 Å². The molecule has 1 aromatic rings. The van der Waals surface area contributed by atoms with E-state index < -0.39 is 23.7 Å². The van der Waals surface area contributed by atoms with E-state index in [2.05, 4.69) is 16.4 Å². The third-order valence-electron chi connectivity index (χ3n) is 3.66. The van der Waals surface area contributed by atoms with Crippen LogP contribution >= 0.6 is 0 Å². The van der Waals surface area contributed by atoms with Gasteiger partial charge in [0.25, 0.3) is 0 Å². The Morgan fingerprint density at radius 2 is 2.08 bits per heavy atom. The quantitative estimate of drug-likeness (QED) is 0.293. The van der Waals surface area contributed by atoms with Gasteiger partial charge < -0.3 is 9.47 Å². The van der Waals surface area contributed by atoms with Crippen LogP contribution in [0, 0.1) is 22.8 Å². The molecule has 0 saturated carbocycles. The number of benzene rings is 1. The van der Waals surface area contributed by atoms with Gasteiger partial charge in [0, 0.05) is 12.5 Å². The van der Waals surface area contributed by atoms with E-state index in [4.69, 9.17) is 20.0 Å². The fourth-order valence-corrected chi connectivity index (χ4v) is 2.67. The summed E-state index contributed by atoms with van der Waals surface area (Å²) < 4.78 is 11.4. The standard InChI is InChI=1S/C17H18N4O3/c1-10(20-9-19)21-15-13-7-12(8-18)5-6-14(13)24-17(3,4)16(15)23-11(2)22/h5-7,15-16H,1-4H3,(H,20,21). The van der Waals surface area contributed by atoms with Crippen LogP contribution in [-0.2, 0) is 9.53 Å². The third kappa shape index (κ3) is 3.47. The first-order chi connectivity index (χ1) is 11.3. The summed E-state index contributed by atoms with van der Waals surface area (Å²) in [4.78, 5) is 16.0. The zero-order chi connectivity index (χ0) is 17.9. The maximum Gasteiger partial charge on any atom is 0.303 e. The van der Waals surface area contributed by atoms with Crippen LogP contribution in [0.2, 0.25) is 0 Å². The fourth-order valence-electron chi connectivity index (χ4n) is 2.67. The van der Waals surface area contributed by atoms with Gasteiger partial charge in [-0.3, -0.25) is 15.1 Å². The number of ether oxygens (including phenoxy) is 2. The molecule has 0 bridgehead atoms. The van der Waals surface area contributed by atoms with Gasteiger partial charge >= 0.3 is 5.97 Å². The Labute approximate surface area is 140 Å². The molecule has 1 heterocycles. The van der Waals surface area contributed by atoms with E-state index in [0.717, 1.165) is 0 Å². The number of esters is 1. The largest absolute Gasteiger partial charge is 0.484 e. The van der Waals surface area contributed by atoms with Crippen LogP contribution in [-0.4, -0.2) is 23.5 Å². The molecule has 0 radical (unpaired) electrons. The minimum atomic E-state index is -0.825. The van der Waals surface area contributed by atoms with Crippen LogP contribution in [0.25, 0.3) is 0 Å². The molecule has 7 nitrogen and oxygen atoms in total. The van der Waals surface area contributed by atoms with Crippen molar-refractivity contribution in [1.29, 1.82) is 10.5 Å². The van der Waals surface area contributed by atoms with Crippen molar-refractivity contribution in [2.75, 3.05) is 0 Å². The monoisotopic (exact) mass is 326 g/mol. The third-order valence-corrected chi connectivity index (χ3v) is 3.66. The highest BCUT2D eigenvalue weighted by Gasteiger charge is 2.46. The number of nitriles is 2. The van der Waals surface area contributed by atoms with E-state index in [0.29, 0.717) is 22.7 Å². The lowest BCUT2D eigenvalue weighted by Crippen LogP contribution is -2.50. The molecule has 0 amide bonds. The average molecular weight is 326 g/mol. The zero-order valence-electron chi connectivity index (χ0n) is 14.0. The van der Waals surface area contributed by atoms with Gasteiger partial charge in [-0.25, -0.2) is 0 Å². The molecule has 0 spiro atoms. The van der Waals surface area contributed by atoms with Crippen molar-refractivity contribution < 1.29 is 14.3 Å². The van der Waals surface area contributed by atoms with E-state index in [9.17, 15) is 4.79 Å². The Morgan fingerprint density at radius 1 is 1.38 bits per heavy atom. The number of amidine groups is 1. The van der Waals surface area contributed by atoms with Gasteiger partial charge in [-0.15, -0.1) is 0 Å². The molecule has 24 heavy (non-hydrogen) atoms. The van der Waals surface area contributed by atoms with Crippen molar-refractivity contribution in [3.63, 3.8) is 0 Å². The SMILES string of the molecule is CC(=O)OC1C(N=C(C)NC#N)c2cc(C#N)ccc2OC1(C)C. The second-order valence-corrected chi connectivity index (χ2v) is 6.00. The lowest BCUT2D eigenvalue weighted by atomic mass is 9.86. The summed E-state index contributed by atoms with van der Waals surface area (Å²) in [6.07, 6.45) is 1.11. The number of fused-ring (bicyclic) bond motifs is 1. The number of rotatable bonds is 2. The Hall–Kier alpha value is -3.06. The molecule has 0 fully saturated rings. The van der Waals surface area contributed by atoms with E-state index in [1.54, 1.807) is 39.0 Å². The first-order valence-corrected chi connectivity index (χ1v) is 7.38. The summed E-state index contributed by atoms with van der Waals surface area (Å²) in [6, 6.07) is 6.50. The van der Waals surface area contributed by atoms with Gasteiger partial charge in [0.05, 0.1) is 11.6 Å². The molecule has 0 aromatic heterocycles. The van der Waals surface area contributed by atoms with Crippen LogP contribution < -0.4 is 10.1 Å². The highest BCUT2D eigenvalue weighted by Crippen LogP contribution is 2.43. The predicted octanol–water partition coefficient (Wildman–Crippen LogP) is 2.19. The summed E-state index contributed by atoms with van der Waals surface area (Å²) >= 11 is 0. The number of hydrogen-bond donors (Lipinski definition) is 1. The number of aliphatic imine (C=N–C) groups is 1. The Bertz CT molecular complexity index is 771. The second-order valence-electron chi connectivity index (χ2n) is 6.00. The molecule has 2 atom stereocenters. The molecular formula is C17H18N4O3. The molecular weight excluding hydrogens is 308 g/mol. The highest BCUT2D eigenvalue weighted by atomic mass is 16.6. The van der Waals surface area contributed by atoms with Crippen LogP contribution in [0.4, 0.5) is 0 Å². The zero-order valence-corrected chi connectivity index (χ0v) is 14.0. The summed E-state index contributed by atoms with van der Waals surface area (Å²) in [6.45, 7) is 6.57. The molecule has 1 aliphatic heterocycles. The van der Waals surface area contributed by atoms with Crippen LogP contribution in [0.3, 0.4) is 0 Å². The van der Waals surface area contributed by atoms with Gasteiger partial charge in [-0.05, 0) is 39.0 Å². The Balaban J connectivity index is 2.61. The first kappa shape index (κ1) is 17.3. The van der Waals surface area contributed by atoms with Crippen molar-refractivity contribution in [2.45, 2.75) is 45.4 Å². The van der Waals surface area contributed by atoms with E-state index in [1.807, 2.05) is 6.19 Å². The van der Waals surface area contributed by atoms with E-state index >= 15 is 0 Å². The molecule has 7 heteroatoms. The van der Waals surface area contributed by atoms with Crippen LogP contribution in [0.15, 0.2) is 23.2 Å². The molecule has 1 aliphatic rings. The molecule has 2 rings (SSSR count). The van der Waals surface area contributed by atoms with Crippen molar-refractivity contribution in [3.05, 3.63) is 29.3 Å². The molecule has 2 unspecified atom stereocenters. The van der Waals surface area contributed by atoms with Crippen molar-refractivity contribution in [1.82, 2.24) is 5.32 Å². The number of nitrogens with one attached hydrogen (secondary N) is 1. The number of hydrogen-bond acceptors (Lipinski definition) is 6. The highest BCUT2D eigenvalue weighted by molar-refractivity contribution is 5.81. The average Bonchev–Trinajstić information content (AvgIpc) is 2.50. The summed E-state index contributed by atoms with van der Waals surface area (Å²) in [7, 11) is 0. The molecule has 1 aromatic carbocycles. The molecule has 0 aliphatic carbocycles. The minimum Gasteiger partial charge on any atom is -0.484 e. The van der Waals surface area contributed by atoms with Gasteiger partial charge in [-0.1, -0.05) is 0 Å². The van der Waals surface area contributed by atoms with Crippen molar-refractivity contribution in [3.8, 4) is 18.0 Å². The van der Waals surface area contributed by atoms with Crippen molar-refractivity contribution >= 4 is 11.8 Å². The normalized spacial score (nSPS) is 21.5. The Morgan fingerprint density at radius 3 is 2.67 bits per heavy atom. The second kappa shape index (κ2) is 6.59. The van der Waals surface area contributed by atoms with Crippen LogP contribution in [0.1, 0.15) is 44.9 Å². The lowest BCUT2D eigenvalue weighted by Gasteiger charge is -2.42. The summed E-state index contributed by atoms with van der Waals surface area (Å²) in [5.41, 5.74) is 0.261. The topological polar surface area (TPSA) is 107 Å². The van der Waals surface area contributed by atoms with E-state index in [-0.39, 0.29) is 0 Å². The number of nitrogens with zero attached hydrogens (tertiary/aromatic N) is 3. The number of carbonyl (C=O) groups excluding carboxylic acids is 1. The fraction of sp³-hybridized carbons (Fsp3) is 0.412. The first-order valence-electron chi connectivity index (χ1n) is 7.38. The molecule has 0 saturated heterocycles. The molecule has 1 N–H and O–H groups in total. The van der Waals surface area contributed by atoms with Gasteiger partial charge in [0.1, 0.15) is 23.2 Å². The van der Waals surface area contributed by atoms with Crippen molar-refractivity contribution in [2.24, 2.45) is 4.99 Å². The predicted molar refractivity (Wildman–Crippen MR) is 86.0 cm³/mol. The maximum absolute atomic E-state index is 11.5. The summed E-state index contributed by atoms with van der Waals surface area (Å²) in [5.74, 6) is 0.495. The minimum absolute atomic E-state index is 0.380. The Kier molecular flexibility index (Phi) is 4.75. The maximum atomic E-state index is 11.5. The lowest BCUT2D eigenvalue weighted by molar-refractivity contribution is -0.161. The van der Waals surface area contributed by atoms with Gasteiger partial charge in [-0.2, -0.15) is 10.5 Å². The number of carbonyl (C=O) groups is 1.